The van der Waals surface area contributed by atoms with Gasteiger partial charge in [0.05, 0.1) is 11.2 Å². The number of hydrogen-bond acceptors (Lipinski definition) is 3. The summed E-state index contributed by atoms with van der Waals surface area (Å²) in [6.07, 6.45) is 1.06. The van der Waals surface area contributed by atoms with Crippen molar-refractivity contribution >= 4 is 0 Å². The molecule has 1 aliphatic heterocycles. The monoisotopic (exact) mass is 276 g/mol. The molecule has 20 heavy (non-hydrogen) atoms. The fourth-order valence-electron chi connectivity index (χ4n) is 3.77. The average molecular weight is 276 g/mol. The molecule has 2 atom stereocenters. The standard InChI is InChI=1S/C17H28N2O/c1-11-8-13(9-12(2)19-11)15(18-7)14-10-16(3,4)20-17(14,5)6/h8-9,14-15,18H,10H2,1-7H3. The minimum atomic E-state index is -0.123. The molecule has 1 N–H and O–H groups in total. The van der Waals surface area contributed by atoms with Crippen LogP contribution in [0, 0.1) is 19.8 Å². The largest absolute Gasteiger partial charge is 0.369 e. The van der Waals surface area contributed by atoms with Gasteiger partial charge in [0, 0.05) is 23.3 Å². The summed E-state index contributed by atoms with van der Waals surface area (Å²) in [6.45, 7) is 12.9. The zero-order valence-electron chi connectivity index (χ0n) is 13.9. The van der Waals surface area contributed by atoms with Crippen molar-refractivity contribution in [1.82, 2.24) is 10.3 Å². The Balaban J connectivity index is 2.37. The van der Waals surface area contributed by atoms with Crippen LogP contribution in [0.2, 0.25) is 0 Å². The zero-order chi connectivity index (χ0) is 15.1. The summed E-state index contributed by atoms with van der Waals surface area (Å²) < 4.78 is 6.26. The molecule has 0 radical (unpaired) electrons. The molecule has 2 unspecified atom stereocenters. The number of nitrogens with zero attached hydrogens (tertiary/aromatic N) is 1. The summed E-state index contributed by atoms with van der Waals surface area (Å²) in [5, 5.41) is 3.50. The summed E-state index contributed by atoms with van der Waals surface area (Å²) in [6, 6.07) is 4.68. The first kappa shape index (κ1) is 15.5. The maximum absolute atomic E-state index is 6.26. The van der Waals surface area contributed by atoms with E-state index in [2.05, 4.69) is 64.0 Å². The van der Waals surface area contributed by atoms with Gasteiger partial charge < -0.3 is 10.1 Å². The Morgan fingerprint density at radius 3 is 2.15 bits per heavy atom. The van der Waals surface area contributed by atoms with Gasteiger partial charge in [-0.25, -0.2) is 0 Å². The SMILES string of the molecule is CNC(c1cc(C)nc(C)c1)C1CC(C)(C)OC1(C)C. The molecule has 1 fully saturated rings. The first-order valence-electron chi connectivity index (χ1n) is 7.47. The summed E-state index contributed by atoms with van der Waals surface area (Å²) in [7, 11) is 2.04. The molecular weight excluding hydrogens is 248 g/mol. The van der Waals surface area contributed by atoms with Gasteiger partial charge in [0.1, 0.15) is 0 Å². The Morgan fingerprint density at radius 2 is 1.75 bits per heavy atom. The average Bonchev–Trinajstić information content (AvgIpc) is 2.46. The highest BCUT2D eigenvalue weighted by atomic mass is 16.5. The van der Waals surface area contributed by atoms with Crippen LogP contribution in [0.15, 0.2) is 12.1 Å². The molecule has 0 amide bonds. The Bertz CT molecular complexity index is 474. The Kier molecular flexibility index (Phi) is 3.96. The summed E-state index contributed by atoms with van der Waals surface area (Å²) in [4.78, 5) is 4.48. The van der Waals surface area contributed by atoms with Crippen molar-refractivity contribution in [1.29, 1.82) is 0 Å². The second-order valence-electron chi connectivity index (χ2n) is 7.23. The maximum atomic E-state index is 6.26. The molecule has 112 valence electrons. The van der Waals surface area contributed by atoms with E-state index in [-0.39, 0.29) is 11.2 Å². The van der Waals surface area contributed by atoms with Crippen molar-refractivity contribution < 1.29 is 4.74 Å². The molecule has 0 spiro atoms. The molecule has 3 heteroatoms. The van der Waals surface area contributed by atoms with Crippen LogP contribution in [0.4, 0.5) is 0 Å². The van der Waals surface area contributed by atoms with Crippen LogP contribution in [0.1, 0.15) is 57.1 Å². The molecule has 2 rings (SSSR count). The van der Waals surface area contributed by atoms with Crippen LogP contribution < -0.4 is 5.32 Å². The lowest BCUT2D eigenvalue weighted by molar-refractivity contribution is -0.0776. The van der Waals surface area contributed by atoms with Crippen LogP contribution >= 0.6 is 0 Å². The fourth-order valence-corrected chi connectivity index (χ4v) is 3.77. The van der Waals surface area contributed by atoms with Crippen LogP contribution in [0.5, 0.6) is 0 Å². The topological polar surface area (TPSA) is 34.2 Å². The maximum Gasteiger partial charge on any atom is 0.0681 e. The third kappa shape index (κ3) is 3.04. The minimum absolute atomic E-state index is 0.0552. The van der Waals surface area contributed by atoms with Gasteiger partial charge in [-0.05, 0) is 72.7 Å². The molecule has 1 aromatic rings. The van der Waals surface area contributed by atoms with E-state index < -0.39 is 0 Å². The van der Waals surface area contributed by atoms with E-state index >= 15 is 0 Å². The summed E-state index contributed by atoms with van der Waals surface area (Å²) in [5.41, 5.74) is 3.30. The second-order valence-corrected chi connectivity index (χ2v) is 7.23. The molecule has 0 bridgehead atoms. The number of ether oxygens (including phenoxy) is 1. The number of rotatable bonds is 3. The lowest BCUT2D eigenvalue weighted by atomic mass is 9.79. The number of nitrogens with one attached hydrogen (secondary N) is 1. The van der Waals surface area contributed by atoms with Crippen molar-refractivity contribution in [2.75, 3.05) is 7.05 Å². The van der Waals surface area contributed by atoms with Crippen LogP contribution in [-0.2, 0) is 4.74 Å². The zero-order valence-corrected chi connectivity index (χ0v) is 13.9. The van der Waals surface area contributed by atoms with Gasteiger partial charge in [-0.3, -0.25) is 4.98 Å². The van der Waals surface area contributed by atoms with Crippen molar-refractivity contribution in [3.05, 3.63) is 29.1 Å². The molecule has 0 aliphatic carbocycles. The Labute approximate surface area is 123 Å². The third-order valence-corrected chi connectivity index (χ3v) is 4.32. The van der Waals surface area contributed by atoms with Crippen molar-refractivity contribution in [2.24, 2.45) is 5.92 Å². The molecule has 0 saturated carbocycles. The first-order chi connectivity index (χ1) is 9.14. The lowest BCUT2D eigenvalue weighted by Crippen LogP contribution is -2.37. The Morgan fingerprint density at radius 1 is 1.20 bits per heavy atom. The summed E-state index contributed by atoms with van der Waals surface area (Å²) >= 11 is 0. The predicted octanol–water partition coefficient (Wildman–Crippen LogP) is 3.55. The number of hydrogen-bond donors (Lipinski definition) is 1. The lowest BCUT2D eigenvalue weighted by Gasteiger charge is -2.33. The van der Waals surface area contributed by atoms with Gasteiger partial charge in [-0.2, -0.15) is 0 Å². The van der Waals surface area contributed by atoms with E-state index in [1.807, 2.05) is 7.05 Å². The third-order valence-electron chi connectivity index (χ3n) is 4.32. The van der Waals surface area contributed by atoms with Crippen molar-refractivity contribution in [3.8, 4) is 0 Å². The molecular formula is C17H28N2O. The van der Waals surface area contributed by atoms with Crippen LogP contribution in [-0.4, -0.2) is 23.2 Å². The van der Waals surface area contributed by atoms with Crippen molar-refractivity contribution in [3.63, 3.8) is 0 Å². The highest BCUT2D eigenvalue weighted by Gasteiger charge is 2.49. The smallest absolute Gasteiger partial charge is 0.0681 e. The van der Waals surface area contributed by atoms with Crippen molar-refractivity contribution in [2.45, 2.75) is 65.2 Å². The molecule has 2 heterocycles. The predicted molar refractivity (Wildman–Crippen MR) is 82.9 cm³/mol. The quantitative estimate of drug-likeness (QED) is 0.916. The van der Waals surface area contributed by atoms with Crippen LogP contribution in [0.25, 0.3) is 0 Å². The van der Waals surface area contributed by atoms with Gasteiger partial charge in [-0.1, -0.05) is 0 Å². The van der Waals surface area contributed by atoms with Gasteiger partial charge in [0.15, 0.2) is 0 Å². The first-order valence-corrected chi connectivity index (χ1v) is 7.47. The van der Waals surface area contributed by atoms with Gasteiger partial charge in [0.2, 0.25) is 0 Å². The Hall–Kier alpha value is -0.930. The van der Waals surface area contributed by atoms with E-state index in [0.717, 1.165) is 17.8 Å². The van der Waals surface area contributed by atoms with Gasteiger partial charge in [0.25, 0.3) is 0 Å². The van der Waals surface area contributed by atoms with E-state index in [1.54, 1.807) is 0 Å². The van der Waals surface area contributed by atoms with E-state index in [1.165, 1.54) is 5.56 Å². The normalized spacial score (nSPS) is 25.6. The molecule has 1 aliphatic rings. The van der Waals surface area contributed by atoms with E-state index in [0.29, 0.717) is 12.0 Å². The highest BCUT2D eigenvalue weighted by molar-refractivity contribution is 5.25. The number of aryl methyl sites for hydroxylation is 2. The van der Waals surface area contributed by atoms with E-state index in [4.69, 9.17) is 4.74 Å². The van der Waals surface area contributed by atoms with Crippen LogP contribution in [0.3, 0.4) is 0 Å². The molecule has 1 saturated heterocycles. The number of pyridine rings is 1. The molecule has 1 aromatic heterocycles. The molecule has 3 nitrogen and oxygen atoms in total. The van der Waals surface area contributed by atoms with Gasteiger partial charge in [-0.15, -0.1) is 0 Å². The molecule has 0 aromatic carbocycles. The number of aromatic nitrogens is 1. The second kappa shape index (κ2) is 5.12. The van der Waals surface area contributed by atoms with E-state index in [9.17, 15) is 0 Å². The minimum Gasteiger partial charge on any atom is -0.369 e. The fraction of sp³-hybridized carbons (Fsp3) is 0.706. The highest BCUT2D eigenvalue weighted by Crippen LogP contribution is 2.47. The summed E-state index contributed by atoms with van der Waals surface area (Å²) in [5.74, 6) is 0.448. The van der Waals surface area contributed by atoms with Gasteiger partial charge >= 0.3 is 0 Å².